The van der Waals surface area contributed by atoms with Crippen molar-refractivity contribution in [1.29, 1.82) is 0 Å². The molecule has 100 valence electrons. The average molecular weight is 253 g/mol. The molecule has 19 heavy (non-hydrogen) atoms. The van der Waals surface area contributed by atoms with Crippen LogP contribution < -0.4 is 5.32 Å². The van der Waals surface area contributed by atoms with E-state index in [0.29, 0.717) is 5.92 Å². The highest BCUT2D eigenvalue weighted by Gasteiger charge is 2.09. The highest BCUT2D eigenvalue weighted by atomic mass is 14.8. The largest absolute Gasteiger partial charge is 0.319 e. The molecule has 2 rings (SSSR count). The lowest BCUT2D eigenvalue weighted by Gasteiger charge is -2.16. The quantitative estimate of drug-likeness (QED) is 0.834. The summed E-state index contributed by atoms with van der Waals surface area (Å²) in [4.78, 5) is 0. The van der Waals surface area contributed by atoms with Crippen molar-refractivity contribution in [2.45, 2.75) is 26.2 Å². The van der Waals surface area contributed by atoms with Crippen molar-refractivity contribution in [2.75, 3.05) is 13.6 Å². The molecule has 0 aliphatic heterocycles. The van der Waals surface area contributed by atoms with E-state index in [1.807, 2.05) is 7.05 Å². The lowest BCUT2D eigenvalue weighted by atomic mass is 9.93. The van der Waals surface area contributed by atoms with E-state index in [4.69, 9.17) is 0 Å². The van der Waals surface area contributed by atoms with Crippen LogP contribution in [0.15, 0.2) is 48.5 Å². The maximum absolute atomic E-state index is 3.28. The Kier molecular flexibility index (Phi) is 4.75. The van der Waals surface area contributed by atoms with Gasteiger partial charge < -0.3 is 5.32 Å². The zero-order valence-electron chi connectivity index (χ0n) is 12.1. The standard InChI is InChI=1S/C18H23N/c1-4-15(13-19-3)17-6-5-7-18(12-17)16-10-8-14(2)9-11-16/h5-12,15,19H,4,13H2,1-3H3. The number of nitrogens with one attached hydrogen (secondary N) is 1. The summed E-state index contributed by atoms with van der Waals surface area (Å²) in [5, 5.41) is 3.28. The first kappa shape index (κ1) is 13.8. The van der Waals surface area contributed by atoms with E-state index in [1.165, 1.54) is 22.3 Å². The van der Waals surface area contributed by atoms with Gasteiger partial charge in [0.25, 0.3) is 0 Å². The summed E-state index contributed by atoms with van der Waals surface area (Å²) < 4.78 is 0. The van der Waals surface area contributed by atoms with Crippen molar-refractivity contribution in [2.24, 2.45) is 0 Å². The zero-order chi connectivity index (χ0) is 13.7. The molecule has 0 saturated heterocycles. The maximum Gasteiger partial charge on any atom is 0.00170 e. The molecule has 1 atom stereocenters. The number of hydrogen-bond donors (Lipinski definition) is 1. The Morgan fingerprint density at radius 3 is 2.37 bits per heavy atom. The van der Waals surface area contributed by atoms with Crippen molar-refractivity contribution in [3.63, 3.8) is 0 Å². The molecule has 1 heteroatoms. The molecule has 0 fully saturated rings. The highest BCUT2D eigenvalue weighted by molar-refractivity contribution is 5.64. The van der Waals surface area contributed by atoms with Gasteiger partial charge in [-0.2, -0.15) is 0 Å². The third kappa shape index (κ3) is 3.45. The predicted molar refractivity (Wildman–Crippen MR) is 83.6 cm³/mol. The van der Waals surface area contributed by atoms with E-state index in [9.17, 15) is 0 Å². The Bertz CT molecular complexity index is 513. The molecule has 0 saturated carbocycles. The van der Waals surface area contributed by atoms with Crippen LogP contribution in [0.1, 0.15) is 30.4 Å². The average Bonchev–Trinajstić information content (AvgIpc) is 2.45. The Labute approximate surface area is 116 Å². The second kappa shape index (κ2) is 6.53. The number of rotatable bonds is 5. The maximum atomic E-state index is 3.28. The van der Waals surface area contributed by atoms with Gasteiger partial charge in [0.1, 0.15) is 0 Å². The highest BCUT2D eigenvalue weighted by Crippen LogP contribution is 2.25. The third-order valence-electron chi connectivity index (χ3n) is 3.69. The minimum Gasteiger partial charge on any atom is -0.319 e. The van der Waals surface area contributed by atoms with E-state index >= 15 is 0 Å². The topological polar surface area (TPSA) is 12.0 Å². The number of likely N-dealkylation sites (N-methyl/N-ethyl adjacent to an activating group) is 1. The van der Waals surface area contributed by atoms with Crippen LogP contribution in [0.2, 0.25) is 0 Å². The van der Waals surface area contributed by atoms with Crippen LogP contribution in [0.25, 0.3) is 11.1 Å². The van der Waals surface area contributed by atoms with Crippen LogP contribution in [-0.4, -0.2) is 13.6 Å². The fourth-order valence-electron chi connectivity index (χ4n) is 2.46. The summed E-state index contributed by atoms with van der Waals surface area (Å²) in [6.07, 6.45) is 1.16. The normalized spacial score (nSPS) is 12.4. The summed E-state index contributed by atoms with van der Waals surface area (Å²) in [7, 11) is 2.02. The monoisotopic (exact) mass is 253 g/mol. The van der Waals surface area contributed by atoms with Gasteiger partial charge in [-0.1, -0.05) is 61.0 Å². The molecule has 0 heterocycles. The van der Waals surface area contributed by atoms with Crippen LogP contribution in [0.5, 0.6) is 0 Å². The molecule has 0 amide bonds. The first-order valence-electron chi connectivity index (χ1n) is 7.06. The number of hydrogen-bond acceptors (Lipinski definition) is 1. The summed E-state index contributed by atoms with van der Waals surface area (Å²) in [5.74, 6) is 0.593. The molecule has 2 aromatic rings. The second-order valence-corrected chi connectivity index (χ2v) is 5.15. The number of aryl methyl sites for hydroxylation is 1. The van der Waals surface area contributed by atoms with Gasteiger partial charge in [0.05, 0.1) is 0 Å². The summed E-state index contributed by atoms with van der Waals surface area (Å²) >= 11 is 0. The Hall–Kier alpha value is -1.60. The molecule has 0 bridgehead atoms. The molecule has 1 unspecified atom stereocenters. The van der Waals surface area contributed by atoms with Gasteiger partial charge in [0.2, 0.25) is 0 Å². The number of benzene rings is 2. The minimum absolute atomic E-state index is 0.593. The first-order valence-corrected chi connectivity index (χ1v) is 7.06. The molecule has 0 radical (unpaired) electrons. The fraction of sp³-hybridized carbons (Fsp3) is 0.333. The molecule has 1 N–H and O–H groups in total. The van der Waals surface area contributed by atoms with Crippen LogP contribution >= 0.6 is 0 Å². The Morgan fingerprint density at radius 2 is 1.74 bits per heavy atom. The van der Waals surface area contributed by atoms with Crippen LogP contribution in [0, 0.1) is 6.92 Å². The van der Waals surface area contributed by atoms with Gasteiger partial charge in [-0.25, -0.2) is 0 Å². The molecule has 1 nitrogen and oxygen atoms in total. The van der Waals surface area contributed by atoms with Crippen LogP contribution in [0.4, 0.5) is 0 Å². The Morgan fingerprint density at radius 1 is 1.00 bits per heavy atom. The van der Waals surface area contributed by atoms with E-state index in [0.717, 1.165) is 13.0 Å². The van der Waals surface area contributed by atoms with Crippen molar-refractivity contribution >= 4 is 0 Å². The van der Waals surface area contributed by atoms with Crippen LogP contribution in [0.3, 0.4) is 0 Å². The second-order valence-electron chi connectivity index (χ2n) is 5.15. The lowest BCUT2D eigenvalue weighted by molar-refractivity contribution is 0.612. The summed E-state index contributed by atoms with van der Waals surface area (Å²) in [5.41, 5.74) is 5.34. The van der Waals surface area contributed by atoms with Gasteiger partial charge in [0.15, 0.2) is 0 Å². The van der Waals surface area contributed by atoms with E-state index in [2.05, 4.69) is 67.7 Å². The van der Waals surface area contributed by atoms with Crippen LogP contribution in [-0.2, 0) is 0 Å². The van der Waals surface area contributed by atoms with Gasteiger partial charge in [-0.3, -0.25) is 0 Å². The minimum atomic E-state index is 0.593. The fourth-order valence-corrected chi connectivity index (χ4v) is 2.46. The summed E-state index contributed by atoms with van der Waals surface area (Å²) in [6, 6.07) is 17.7. The van der Waals surface area contributed by atoms with E-state index in [1.54, 1.807) is 0 Å². The Balaban J connectivity index is 2.30. The first-order chi connectivity index (χ1) is 9.24. The third-order valence-corrected chi connectivity index (χ3v) is 3.69. The van der Waals surface area contributed by atoms with Gasteiger partial charge in [-0.15, -0.1) is 0 Å². The van der Waals surface area contributed by atoms with Crippen molar-refractivity contribution in [3.8, 4) is 11.1 Å². The molecule has 0 spiro atoms. The molecule has 2 aromatic carbocycles. The van der Waals surface area contributed by atoms with E-state index in [-0.39, 0.29) is 0 Å². The summed E-state index contributed by atoms with van der Waals surface area (Å²) in [6.45, 7) is 5.41. The smallest absolute Gasteiger partial charge is 0.00170 e. The van der Waals surface area contributed by atoms with Gasteiger partial charge in [0, 0.05) is 6.54 Å². The van der Waals surface area contributed by atoms with Gasteiger partial charge >= 0.3 is 0 Å². The van der Waals surface area contributed by atoms with Gasteiger partial charge in [-0.05, 0) is 43.0 Å². The molecule has 0 aromatic heterocycles. The van der Waals surface area contributed by atoms with E-state index < -0.39 is 0 Å². The van der Waals surface area contributed by atoms with Crippen molar-refractivity contribution in [1.82, 2.24) is 5.32 Å². The predicted octanol–water partition coefficient (Wildman–Crippen LogP) is 4.38. The SMILES string of the molecule is CCC(CNC)c1cccc(-c2ccc(C)cc2)c1. The van der Waals surface area contributed by atoms with Crippen molar-refractivity contribution < 1.29 is 0 Å². The molecular formula is C18H23N. The zero-order valence-corrected chi connectivity index (χ0v) is 12.1. The molecule has 0 aliphatic rings. The lowest BCUT2D eigenvalue weighted by Crippen LogP contribution is -2.16. The molecule has 0 aliphatic carbocycles. The molecular weight excluding hydrogens is 230 g/mol. The van der Waals surface area contributed by atoms with Crippen molar-refractivity contribution in [3.05, 3.63) is 59.7 Å².